The first-order valence-electron chi connectivity index (χ1n) is 14.6. The highest BCUT2D eigenvalue weighted by Crippen LogP contribution is 2.47. The Bertz CT molecular complexity index is 1240. The topological polar surface area (TPSA) is 40.2 Å². The number of piperidine rings is 1. The maximum absolute atomic E-state index is 6.22. The van der Waals surface area contributed by atoms with E-state index in [-0.39, 0.29) is 11.9 Å². The number of methoxy groups -OCH3 is 3. The normalized spacial score (nSPS) is 20.8. The van der Waals surface area contributed by atoms with Gasteiger partial charge in [-0.2, -0.15) is 0 Å². The second-order valence-electron chi connectivity index (χ2n) is 12.3. The Morgan fingerprint density at radius 1 is 0.825 bits per heavy atom. The Labute approximate surface area is 240 Å². The van der Waals surface area contributed by atoms with Crippen LogP contribution in [0.4, 0.5) is 5.69 Å². The maximum atomic E-state index is 6.22. The van der Waals surface area contributed by atoms with E-state index in [1.54, 1.807) is 21.3 Å². The number of aryl methyl sites for hydroxylation is 1. The predicted octanol–water partition coefficient (Wildman–Crippen LogP) is 7.33. The van der Waals surface area contributed by atoms with Crippen LogP contribution in [0.2, 0.25) is 0 Å². The van der Waals surface area contributed by atoms with Gasteiger partial charge >= 0.3 is 0 Å². The van der Waals surface area contributed by atoms with Gasteiger partial charge < -0.3 is 23.8 Å². The van der Waals surface area contributed by atoms with Crippen molar-refractivity contribution in [2.24, 2.45) is 0 Å². The summed E-state index contributed by atoms with van der Waals surface area (Å²) in [5.74, 6) is 1.70. The number of hydrogen-bond donors (Lipinski definition) is 0. The standard InChI is InChI=1S/C35H45NO4/c1-34(2,3)40-29-17-19-31-27(24-29)14-18-30(25-10-8-7-9-11-25)32(31)26-12-15-28(16-13-26)36-22-20-35(39-6,21-23-36)33(37-4)38-5/h7-13,15-17,19,24,30,32-33H,14,18,20-23H2,1-6H3/t30?,32-/m0/s1. The molecule has 1 heterocycles. The van der Waals surface area contributed by atoms with Crippen LogP contribution in [0.15, 0.2) is 72.8 Å². The molecule has 2 aliphatic rings. The first kappa shape index (κ1) is 28.7. The van der Waals surface area contributed by atoms with Crippen molar-refractivity contribution in [2.45, 2.75) is 75.8 Å². The lowest BCUT2D eigenvalue weighted by Crippen LogP contribution is -2.54. The third-order valence-corrected chi connectivity index (χ3v) is 8.72. The lowest BCUT2D eigenvalue weighted by molar-refractivity contribution is -0.232. The van der Waals surface area contributed by atoms with E-state index in [0.29, 0.717) is 11.8 Å². The molecule has 1 saturated heterocycles. The number of nitrogens with zero attached hydrogens (tertiary/aromatic N) is 1. The minimum Gasteiger partial charge on any atom is -0.488 e. The number of ether oxygens (including phenoxy) is 4. The molecule has 40 heavy (non-hydrogen) atoms. The molecule has 0 radical (unpaired) electrons. The van der Waals surface area contributed by atoms with Gasteiger partial charge in [-0.05, 0) is 98.9 Å². The molecule has 0 amide bonds. The van der Waals surface area contributed by atoms with Crippen LogP contribution in [0.3, 0.4) is 0 Å². The molecule has 0 bridgehead atoms. The van der Waals surface area contributed by atoms with Gasteiger partial charge in [-0.1, -0.05) is 48.5 Å². The monoisotopic (exact) mass is 543 g/mol. The van der Waals surface area contributed by atoms with Gasteiger partial charge in [-0.15, -0.1) is 0 Å². The van der Waals surface area contributed by atoms with Crippen molar-refractivity contribution in [1.82, 2.24) is 0 Å². The van der Waals surface area contributed by atoms with Crippen LogP contribution in [-0.2, 0) is 20.6 Å². The summed E-state index contributed by atoms with van der Waals surface area (Å²) >= 11 is 0. The van der Waals surface area contributed by atoms with Crippen molar-refractivity contribution in [3.05, 3.63) is 95.1 Å². The van der Waals surface area contributed by atoms with E-state index in [0.717, 1.165) is 44.5 Å². The quantitative estimate of drug-likeness (QED) is 0.278. The Morgan fingerprint density at radius 3 is 2.10 bits per heavy atom. The van der Waals surface area contributed by atoms with E-state index in [2.05, 4.69) is 98.5 Å². The zero-order chi connectivity index (χ0) is 28.3. The number of rotatable bonds is 8. The van der Waals surface area contributed by atoms with Crippen LogP contribution in [0.5, 0.6) is 5.75 Å². The lowest BCUT2D eigenvalue weighted by Gasteiger charge is -2.44. The zero-order valence-corrected chi connectivity index (χ0v) is 25.0. The second kappa shape index (κ2) is 11.9. The molecule has 3 aromatic carbocycles. The summed E-state index contributed by atoms with van der Waals surface area (Å²) < 4.78 is 23.3. The largest absolute Gasteiger partial charge is 0.488 e. The molecule has 5 rings (SSSR count). The molecule has 0 spiro atoms. The van der Waals surface area contributed by atoms with Crippen LogP contribution >= 0.6 is 0 Å². The van der Waals surface area contributed by atoms with Crippen LogP contribution in [0, 0.1) is 0 Å². The minimum absolute atomic E-state index is 0.212. The number of benzene rings is 3. The van der Waals surface area contributed by atoms with Gasteiger partial charge in [0.1, 0.15) is 17.0 Å². The van der Waals surface area contributed by atoms with Crippen molar-refractivity contribution in [2.75, 3.05) is 39.3 Å². The lowest BCUT2D eigenvalue weighted by atomic mass is 9.69. The second-order valence-corrected chi connectivity index (χ2v) is 12.3. The molecule has 1 aliphatic heterocycles. The molecule has 3 aromatic rings. The summed E-state index contributed by atoms with van der Waals surface area (Å²) in [7, 11) is 5.13. The van der Waals surface area contributed by atoms with Gasteiger partial charge in [0.05, 0.1) is 0 Å². The van der Waals surface area contributed by atoms with Crippen LogP contribution in [0.25, 0.3) is 0 Å². The first-order valence-corrected chi connectivity index (χ1v) is 14.6. The molecule has 1 fully saturated rings. The predicted molar refractivity (Wildman–Crippen MR) is 162 cm³/mol. The van der Waals surface area contributed by atoms with Crippen molar-refractivity contribution in [3.63, 3.8) is 0 Å². The van der Waals surface area contributed by atoms with E-state index in [9.17, 15) is 0 Å². The van der Waals surface area contributed by atoms with Gasteiger partial charge in [0.2, 0.25) is 0 Å². The third-order valence-electron chi connectivity index (χ3n) is 8.72. The fourth-order valence-corrected chi connectivity index (χ4v) is 6.78. The van der Waals surface area contributed by atoms with Crippen molar-refractivity contribution < 1.29 is 18.9 Å². The highest BCUT2D eigenvalue weighted by atomic mass is 16.7. The molecule has 5 nitrogen and oxygen atoms in total. The fraction of sp³-hybridized carbons (Fsp3) is 0.486. The highest BCUT2D eigenvalue weighted by Gasteiger charge is 2.43. The van der Waals surface area contributed by atoms with Gasteiger partial charge in [0.15, 0.2) is 6.29 Å². The summed E-state index contributed by atoms with van der Waals surface area (Å²) in [6.45, 7) is 8.10. The molecule has 1 unspecified atom stereocenters. The number of hydrogen-bond acceptors (Lipinski definition) is 5. The Balaban J connectivity index is 1.41. The van der Waals surface area contributed by atoms with Crippen molar-refractivity contribution in [1.29, 1.82) is 0 Å². The molecule has 0 saturated carbocycles. The van der Waals surface area contributed by atoms with Crippen LogP contribution < -0.4 is 9.64 Å². The Kier molecular flexibility index (Phi) is 8.55. The van der Waals surface area contributed by atoms with E-state index < -0.39 is 5.60 Å². The van der Waals surface area contributed by atoms with Gasteiger partial charge in [0.25, 0.3) is 0 Å². The Hall–Kier alpha value is -2.86. The zero-order valence-electron chi connectivity index (χ0n) is 25.0. The van der Waals surface area contributed by atoms with Crippen LogP contribution in [0.1, 0.15) is 74.1 Å². The van der Waals surface area contributed by atoms with Gasteiger partial charge in [-0.25, -0.2) is 0 Å². The molecule has 1 aliphatic carbocycles. The summed E-state index contributed by atoms with van der Waals surface area (Å²) in [6.07, 6.45) is 3.51. The molecular weight excluding hydrogens is 498 g/mol. The molecule has 0 N–H and O–H groups in total. The average Bonchev–Trinajstić information content (AvgIpc) is 2.97. The third kappa shape index (κ3) is 5.93. The maximum Gasteiger partial charge on any atom is 0.185 e. The van der Waals surface area contributed by atoms with Crippen molar-refractivity contribution in [3.8, 4) is 5.75 Å². The van der Waals surface area contributed by atoms with Crippen LogP contribution in [-0.4, -0.2) is 51.9 Å². The van der Waals surface area contributed by atoms with Crippen molar-refractivity contribution >= 4 is 5.69 Å². The van der Waals surface area contributed by atoms with E-state index in [1.807, 2.05) is 0 Å². The number of fused-ring (bicyclic) bond motifs is 1. The fourth-order valence-electron chi connectivity index (χ4n) is 6.78. The average molecular weight is 544 g/mol. The summed E-state index contributed by atoms with van der Waals surface area (Å²) in [6, 6.07) is 27.0. The minimum atomic E-state index is -0.412. The Morgan fingerprint density at radius 2 is 1.50 bits per heavy atom. The van der Waals surface area contributed by atoms with E-state index in [1.165, 1.54) is 27.9 Å². The molecule has 214 valence electrons. The van der Waals surface area contributed by atoms with E-state index >= 15 is 0 Å². The molecular formula is C35H45NO4. The highest BCUT2D eigenvalue weighted by molar-refractivity contribution is 5.53. The molecule has 5 heteroatoms. The summed E-state index contributed by atoms with van der Waals surface area (Å²) in [5.41, 5.74) is 6.23. The number of anilines is 1. The molecule has 0 aromatic heterocycles. The molecule has 2 atom stereocenters. The SMILES string of the molecule is COC(OC)C1(OC)CCN(c2ccc([C@@H]3c4ccc(OC(C)(C)C)cc4CCC3c3ccccc3)cc2)CC1. The van der Waals surface area contributed by atoms with Gasteiger partial charge in [0, 0.05) is 46.0 Å². The smallest absolute Gasteiger partial charge is 0.185 e. The summed E-state index contributed by atoms with van der Waals surface area (Å²) in [5, 5.41) is 0. The van der Waals surface area contributed by atoms with Gasteiger partial charge in [-0.3, -0.25) is 0 Å². The summed E-state index contributed by atoms with van der Waals surface area (Å²) in [4.78, 5) is 2.45. The van der Waals surface area contributed by atoms with E-state index in [4.69, 9.17) is 18.9 Å². The first-order chi connectivity index (χ1) is 19.3.